The van der Waals surface area contributed by atoms with Gasteiger partial charge in [-0.05, 0) is 25.6 Å². The number of hydrogen-bond donors (Lipinski definition) is 1. The van der Waals surface area contributed by atoms with Gasteiger partial charge in [0.1, 0.15) is 0 Å². The van der Waals surface area contributed by atoms with Crippen LogP contribution in [0.2, 0.25) is 0 Å². The molecule has 0 unspecified atom stereocenters. The lowest BCUT2D eigenvalue weighted by Crippen LogP contribution is -2.05. The molecule has 0 atom stereocenters. The van der Waals surface area contributed by atoms with Gasteiger partial charge in [-0.2, -0.15) is 0 Å². The zero-order chi connectivity index (χ0) is 9.26. The largest absolute Gasteiger partial charge is 0.316 e. The van der Waals surface area contributed by atoms with E-state index in [-0.39, 0.29) is 0 Å². The summed E-state index contributed by atoms with van der Waals surface area (Å²) in [7, 11) is 1.95. The third-order valence-corrected chi connectivity index (χ3v) is 2.17. The zero-order valence-corrected chi connectivity index (χ0v) is 7.91. The Morgan fingerprint density at radius 2 is 2.31 bits per heavy atom. The van der Waals surface area contributed by atoms with E-state index in [0.717, 1.165) is 12.2 Å². The van der Waals surface area contributed by atoms with Crippen LogP contribution in [0, 0.1) is 6.92 Å². The Balaban J connectivity index is 2.50. The zero-order valence-electron chi connectivity index (χ0n) is 7.91. The van der Waals surface area contributed by atoms with Gasteiger partial charge < -0.3 is 9.72 Å². The van der Waals surface area contributed by atoms with Crippen LogP contribution < -0.4 is 5.32 Å². The Hall–Kier alpha value is -1.35. The van der Waals surface area contributed by atoms with Gasteiger partial charge in [0, 0.05) is 12.7 Å². The second kappa shape index (κ2) is 3.18. The molecule has 0 aliphatic rings. The molecule has 0 saturated carbocycles. The Morgan fingerprint density at radius 3 is 3.08 bits per heavy atom. The van der Waals surface area contributed by atoms with Crippen molar-refractivity contribution in [3.8, 4) is 0 Å². The fourth-order valence-electron chi connectivity index (χ4n) is 1.49. The number of pyridine rings is 1. The maximum Gasteiger partial charge on any atom is 0.0995 e. The molecule has 2 rings (SSSR count). The van der Waals surface area contributed by atoms with Crippen LogP contribution in [0.3, 0.4) is 0 Å². The van der Waals surface area contributed by atoms with Gasteiger partial charge >= 0.3 is 0 Å². The molecule has 3 heteroatoms. The number of aromatic nitrogens is 2. The summed E-state index contributed by atoms with van der Waals surface area (Å²) in [4.78, 5) is 4.24. The average molecular weight is 175 g/mol. The van der Waals surface area contributed by atoms with E-state index in [1.807, 2.05) is 20.3 Å². The summed E-state index contributed by atoms with van der Waals surface area (Å²) in [6.45, 7) is 2.92. The number of fused-ring (bicyclic) bond motifs is 1. The van der Waals surface area contributed by atoms with Crippen molar-refractivity contribution in [2.45, 2.75) is 13.5 Å². The molecule has 0 aliphatic carbocycles. The van der Waals surface area contributed by atoms with Gasteiger partial charge in [-0.1, -0.05) is 6.07 Å². The first kappa shape index (κ1) is 8.26. The first-order valence-corrected chi connectivity index (χ1v) is 4.38. The monoisotopic (exact) mass is 175 g/mol. The van der Waals surface area contributed by atoms with Crippen molar-refractivity contribution >= 4 is 5.52 Å². The molecule has 2 heterocycles. The first-order chi connectivity index (χ1) is 6.31. The number of imidazole rings is 1. The molecule has 3 nitrogen and oxygen atoms in total. The predicted octanol–water partition coefficient (Wildman–Crippen LogP) is 1.36. The molecule has 0 spiro atoms. The molecule has 0 aliphatic heterocycles. The van der Waals surface area contributed by atoms with Crippen LogP contribution in [0.15, 0.2) is 24.7 Å². The molecular formula is C10H13N3. The van der Waals surface area contributed by atoms with E-state index < -0.39 is 0 Å². The van der Waals surface area contributed by atoms with E-state index in [1.54, 1.807) is 0 Å². The highest BCUT2D eigenvalue weighted by atomic mass is 15.0. The van der Waals surface area contributed by atoms with Crippen LogP contribution in [0.25, 0.3) is 5.52 Å². The lowest BCUT2D eigenvalue weighted by atomic mass is 10.2. The lowest BCUT2D eigenvalue weighted by Gasteiger charge is -2.01. The van der Waals surface area contributed by atoms with Crippen molar-refractivity contribution in [1.29, 1.82) is 0 Å². The number of rotatable bonds is 2. The van der Waals surface area contributed by atoms with Crippen molar-refractivity contribution in [3.63, 3.8) is 0 Å². The quantitative estimate of drug-likeness (QED) is 0.746. The Labute approximate surface area is 77.4 Å². The van der Waals surface area contributed by atoms with Crippen LogP contribution in [0.1, 0.15) is 11.3 Å². The van der Waals surface area contributed by atoms with Crippen LogP contribution >= 0.6 is 0 Å². The van der Waals surface area contributed by atoms with Crippen LogP contribution in [0.5, 0.6) is 0 Å². The van der Waals surface area contributed by atoms with Crippen molar-refractivity contribution in [1.82, 2.24) is 14.7 Å². The molecule has 2 aromatic rings. The fraction of sp³-hybridized carbons (Fsp3) is 0.300. The summed E-state index contributed by atoms with van der Waals surface area (Å²) < 4.78 is 2.06. The third-order valence-electron chi connectivity index (χ3n) is 2.17. The summed E-state index contributed by atoms with van der Waals surface area (Å²) in [6, 6.07) is 4.23. The minimum atomic E-state index is 0.896. The van der Waals surface area contributed by atoms with Gasteiger partial charge in [0.15, 0.2) is 0 Å². The molecular weight excluding hydrogens is 162 g/mol. The third kappa shape index (κ3) is 1.42. The van der Waals surface area contributed by atoms with Crippen molar-refractivity contribution in [2.75, 3.05) is 7.05 Å². The van der Waals surface area contributed by atoms with Crippen molar-refractivity contribution in [2.24, 2.45) is 0 Å². The number of nitrogens with one attached hydrogen (secondary N) is 1. The smallest absolute Gasteiger partial charge is 0.0995 e. The van der Waals surface area contributed by atoms with E-state index in [1.165, 1.54) is 11.1 Å². The molecule has 2 aromatic heterocycles. The molecule has 1 N–H and O–H groups in total. The molecule has 0 aromatic carbocycles. The van der Waals surface area contributed by atoms with E-state index in [9.17, 15) is 0 Å². The van der Waals surface area contributed by atoms with Crippen molar-refractivity contribution < 1.29 is 0 Å². The lowest BCUT2D eigenvalue weighted by molar-refractivity contribution is 0.811. The molecule has 0 amide bonds. The number of nitrogens with zero attached hydrogens (tertiary/aromatic N) is 2. The average Bonchev–Trinajstić information content (AvgIpc) is 2.48. The molecule has 13 heavy (non-hydrogen) atoms. The highest BCUT2D eigenvalue weighted by Crippen LogP contribution is 2.09. The minimum Gasteiger partial charge on any atom is -0.316 e. The van der Waals surface area contributed by atoms with Gasteiger partial charge in [0.05, 0.1) is 17.5 Å². The molecule has 0 radical (unpaired) electrons. The van der Waals surface area contributed by atoms with E-state index in [4.69, 9.17) is 0 Å². The SMILES string of the molecule is CNCc1ccc2c(C)ncn2c1. The summed E-state index contributed by atoms with van der Waals surface area (Å²) in [5.74, 6) is 0. The number of hydrogen-bond acceptors (Lipinski definition) is 2. The topological polar surface area (TPSA) is 29.3 Å². The highest BCUT2D eigenvalue weighted by molar-refractivity contribution is 5.51. The standard InChI is InChI=1S/C10H13N3/c1-8-10-4-3-9(5-11-2)6-13(10)7-12-8/h3-4,6-7,11H,5H2,1-2H3. The van der Waals surface area contributed by atoms with Gasteiger partial charge in [0.25, 0.3) is 0 Å². The maximum absolute atomic E-state index is 4.24. The summed E-state index contributed by atoms with van der Waals surface area (Å²) in [6.07, 6.45) is 3.95. The van der Waals surface area contributed by atoms with E-state index in [2.05, 4.69) is 33.0 Å². The predicted molar refractivity (Wildman–Crippen MR) is 52.7 cm³/mol. The van der Waals surface area contributed by atoms with Gasteiger partial charge in [-0.25, -0.2) is 4.98 Å². The highest BCUT2D eigenvalue weighted by Gasteiger charge is 1.98. The van der Waals surface area contributed by atoms with Crippen LogP contribution in [0.4, 0.5) is 0 Å². The van der Waals surface area contributed by atoms with Crippen LogP contribution in [-0.2, 0) is 6.54 Å². The van der Waals surface area contributed by atoms with Gasteiger partial charge in [-0.3, -0.25) is 0 Å². The fourth-order valence-corrected chi connectivity index (χ4v) is 1.49. The first-order valence-electron chi connectivity index (χ1n) is 4.38. The Morgan fingerprint density at radius 1 is 1.46 bits per heavy atom. The summed E-state index contributed by atoms with van der Waals surface area (Å²) in [5, 5.41) is 3.12. The maximum atomic E-state index is 4.24. The second-order valence-electron chi connectivity index (χ2n) is 3.19. The van der Waals surface area contributed by atoms with Gasteiger partial charge in [-0.15, -0.1) is 0 Å². The molecule has 0 fully saturated rings. The summed E-state index contributed by atoms with van der Waals surface area (Å²) in [5.41, 5.74) is 3.53. The normalized spacial score (nSPS) is 10.9. The molecule has 0 saturated heterocycles. The number of aryl methyl sites for hydroxylation is 1. The Kier molecular flexibility index (Phi) is 2.02. The van der Waals surface area contributed by atoms with Gasteiger partial charge in [0.2, 0.25) is 0 Å². The van der Waals surface area contributed by atoms with E-state index in [0.29, 0.717) is 0 Å². The van der Waals surface area contributed by atoms with Crippen LogP contribution in [-0.4, -0.2) is 16.4 Å². The molecule has 68 valence electrons. The summed E-state index contributed by atoms with van der Waals surface area (Å²) >= 11 is 0. The molecule has 0 bridgehead atoms. The van der Waals surface area contributed by atoms with E-state index >= 15 is 0 Å². The minimum absolute atomic E-state index is 0.896. The Bertz CT molecular complexity index is 417. The second-order valence-corrected chi connectivity index (χ2v) is 3.19. The van der Waals surface area contributed by atoms with Crippen molar-refractivity contribution in [3.05, 3.63) is 35.9 Å².